The topological polar surface area (TPSA) is 453 Å². The fraction of sp³-hybridized carbons (Fsp3) is 0.857. The van der Waals surface area contributed by atoms with Crippen LogP contribution in [-0.4, -0.2) is 245 Å². The lowest BCUT2D eigenvalue weighted by atomic mass is 9.95. The maximum absolute atomic E-state index is 12.9. The number of carbonyl (C=O) groups excluding carboxylic acids is 4. The number of esters is 4. The highest BCUT2D eigenvalue weighted by atomic mass is 16.8. The fourth-order valence-electron chi connectivity index (χ4n) is 5.98. The molecule has 29 heteroatoms. The normalized spacial score (nSPS) is 43.8. The molecule has 29 nitrogen and oxygen atoms in total. The smallest absolute Gasteiger partial charge is 0.340 e. The molecule has 4 aliphatic heterocycles. The Kier molecular flexibility index (Phi) is 16.7. The lowest BCUT2D eigenvalue weighted by molar-refractivity contribution is -0.379. The molecule has 4 rings (SSSR count). The highest BCUT2D eigenvalue weighted by Crippen LogP contribution is 2.35. The molecule has 0 aliphatic carbocycles. The molecule has 0 saturated carbocycles. The van der Waals surface area contributed by atoms with E-state index in [1.807, 2.05) is 0 Å². The Morgan fingerprint density at radius 1 is 0.351 bits per heavy atom. The van der Waals surface area contributed by atoms with Crippen molar-refractivity contribution in [3.8, 4) is 0 Å². The third-order valence-electron chi connectivity index (χ3n) is 8.85. The van der Waals surface area contributed by atoms with Crippen molar-refractivity contribution in [2.45, 2.75) is 123 Å². The van der Waals surface area contributed by atoms with Gasteiger partial charge in [-0.2, -0.15) is 0 Å². The second-order valence-electron chi connectivity index (χ2n) is 12.3. The highest BCUT2D eigenvalue weighted by molar-refractivity contribution is 5.77. The van der Waals surface area contributed by atoms with Gasteiger partial charge in [-0.05, 0) is 0 Å². The molecule has 0 amide bonds. The predicted octanol–water partition coefficient (Wildman–Crippen LogP) is -11.7. The quantitative estimate of drug-likeness (QED) is 0.0438. The van der Waals surface area contributed by atoms with Crippen LogP contribution in [0.2, 0.25) is 0 Å². The van der Waals surface area contributed by atoms with E-state index >= 15 is 0 Å². The molecule has 57 heavy (non-hydrogen) atoms. The number of aliphatic hydroxyl groups is 14. The Labute approximate surface area is 317 Å². The van der Waals surface area contributed by atoms with Crippen LogP contribution >= 0.6 is 0 Å². The van der Waals surface area contributed by atoms with E-state index in [-0.39, 0.29) is 0 Å². The Hall–Kier alpha value is -2.96. The van der Waals surface area contributed by atoms with E-state index in [0.29, 0.717) is 0 Å². The molecule has 0 aromatic heterocycles. The van der Waals surface area contributed by atoms with E-state index in [4.69, 9.17) is 43.4 Å². The molecule has 0 spiro atoms. The van der Waals surface area contributed by atoms with Gasteiger partial charge in [-0.3, -0.25) is 0 Å². The number of rotatable bonds is 14. The molecule has 4 aliphatic rings. The van der Waals surface area contributed by atoms with E-state index in [0.717, 1.165) is 0 Å². The molecule has 0 aromatic rings. The average Bonchev–Trinajstić information content (AvgIpc) is 3.17. The standard InChI is InChI=1S/C28H42O29/c29-1-47-22(43)17-6(34)5(33)11(39)26(55-17)53-15-8(36)13(41)28(57-19(15)24(45)49-3-31)54-16-9(37)12(40)27(56-20(16)25(46)50-4-32)52-14-7(35)10(38)21(42)51-18(14)23(44)48-2-30/h5-21,26-42H,1-4H2/t5-,6+,7+,8+,9+,10+,11+,12+,13+,14+,15+,16+,17-,18-,19-,20-,21-,26-,27-,28-/m0/s1. The summed E-state index contributed by atoms with van der Waals surface area (Å²) < 4.78 is 54.6. The summed E-state index contributed by atoms with van der Waals surface area (Å²) in [4.78, 5) is 50.4. The SMILES string of the molecule is O=C(OCO)[C@H]1O[C@H](O[C@@H]2[C@H](O)[C@@H](O)[C@@H](O[C@@H]3[C@H](O)[C@@H](O)[C@@H](O[C@@H]4[C@H](O)[C@@H](O)[C@@H](O)O[C@@H]4C(=O)OCO)O[C@@H]3C(=O)OCO)O[C@@H]2C(=O)OCO)[C@H](O)[C@@H](O)[C@H]1O. The van der Waals surface area contributed by atoms with E-state index in [9.17, 15) is 80.5 Å². The molecule has 0 radical (unpaired) electrons. The third kappa shape index (κ3) is 10.1. The molecule has 0 bridgehead atoms. The molecule has 14 N–H and O–H groups in total. The predicted molar refractivity (Wildman–Crippen MR) is 158 cm³/mol. The van der Waals surface area contributed by atoms with E-state index in [1.54, 1.807) is 0 Å². The lowest BCUT2D eigenvalue weighted by Gasteiger charge is -2.48. The van der Waals surface area contributed by atoms with Crippen molar-refractivity contribution in [3.63, 3.8) is 0 Å². The van der Waals surface area contributed by atoms with Crippen LogP contribution in [0.4, 0.5) is 0 Å². The van der Waals surface area contributed by atoms with Gasteiger partial charge >= 0.3 is 23.9 Å². The number of carbonyl (C=O) groups is 4. The van der Waals surface area contributed by atoms with Gasteiger partial charge in [0.1, 0.15) is 73.2 Å². The van der Waals surface area contributed by atoms with E-state index in [1.165, 1.54) is 0 Å². The lowest BCUT2D eigenvalue weighted by Crippen LogP contribution is -2.68. The van der Waals surface area contributed by atoms with Crippen molar-refractivity contribution >= 4 is 23.9 Å². The minimum atomic E-state index is -2.46. The van der Waals surface area contributed by atoms with Gasteiger partial charge < -0.3 is 124 Å². The molecule has 4 saturated heterocycles. The van der Waals surface area contributed by atoms with Crippen LogP contribution in [-0.2, 0) is 71.3 Å². The molecule has 0 unspecified atom stereocenters. The molecule has 20 atom stereocenters. The van der Waals surface area contributed by atoms with Gasteiger partial charge in [0, 0.05) is 0 Å². The van der Waals surface area contributed by atoms with Crippen molar-refractivity contribution < 1.29 is 143 Å². The first kappa shape index (κ1) is 46.7. The van der Waals surface area contributed by atoms with E-state index < -0.39 is 174 Å². The van der Waals surface area contributed by atoms with Gasteiger partial charge in [0.2, 0.25) is 0 Å². The molecule has 0 aromatic carbocycles. The van der Waals surface area contributed by atoms with Crippen molar-refractivity contribution in [1.29, 1.82) is 0 Å². The molecule has 4 heterocycles. The second kappa shape index (κ2) is 20.3. The average molecular weight is 843 g/mol. The number of ether oxygens (including phenoxy) is 11. The van der Waals surface area contributed by atoms with Crippen LogP contribution < -0.4 is 0 Å². The first-order valence-electron chi connectivity index (χ1n) is 16.4. The largest absolute Gasteiger partial charge is 0.437 e. The minimum Gasteiger partial charge on any atom is -0.437 e. The van der Waals surface area contributed by atoms with Crippen molar-refractivity contribution in [1.82, 2.24) is 0 Å². The Morgan fingerprint density at radius 3 is 0.982 bits per heavy atom. The first-order chi connectivity index (χ1) is 26.9. The number of aliphatic hydroxyl groups excluding tert-OH is 14. The summed E-state index contributed by atoms with van der Waals surface area (Å²) in [5.74, 6) is -6.19. The fourth-order valence-corrected chi connectivity index (χ4v) is 5.98. The maximum Gasteiger partial charge on any atom is 0.340 e. The van der Waals surface area contributed by atoms with Crippen LogP contribution in [0.5, 0.6) is 0 Å². The van der Waals surface area contributed by atoms with Gasteiger partial charge in [-0.15, -0.1) is 0 Å². The summed E-state index contributed by atoms with van der Waals surface area (Å²) in [7, 11) is 0. The minimum absolute atomic E-state index is 1.21. The van der Waals surface area contributed by atoms with Crippen LogP contribution in [0.3, 0.4) is 0 Å². The summed E-state index contributed by atoms with van der Waals surface area (Å²) in [6.07, 6.45) is -45.9. The van der Waals surface area contributed by atoms with Gasteiger partial charge in [-0.25, -0.2) is 19.2 Å². The van der Waals surface area contributed by atoms with Gasteiger partial charge in [0.25, 0.3) is 0 Å². The van der Waals surface area contributed by atoms with Crippen molar-refractivity contribution in [3.05, 3.63) is 0 Å². The Morgan fingerprint density at radius 2 is 0.632 bits per heavy atom. The maximum atomic E-state index is 12.9. The summed E-state index contributed by atoms with van der Waals surface area (Å²) >= 11 is 0. The third-order valence-corrected chi connectivity index (χ3v) is 8.85. The summed E-state index contributed by atoms with van der Waals surface area (Å²) in [5.41, 5.74) is 0. The summed E-state index contributed by atoms with van der Waals surface area (Å²) in [6, 6.07) is 0. The Balaban J connectivity index is 1.59. The zero-order valence-electron chi connectivity index (χ0n) is 28.8. The van der Waals surface area contributed by atoms with Crippen LogP contribution in [0, 0.1) is 0 Å². The van der Waals surface area contributed by atoms with Crippen molar-refractivity contribution in [2.24, 2.45) is 0 Å². The number of hydrogen-bond acceptors (Lipinski definition) is 29. The highest BCUT2D eigenvalue weighted by Gasteiger charge is 2.58. The van der Waals surface area contributed by atoms with Crippen LogP contribution in [0.1, 0.15) is 0 Å². The summed E-state index contributed by atoms with van der Waals surface area (Å²) in [5, 5.41) is 142. The molecular weight excluding hydrogens is 800 g/mol. The Bertz CT molecular complexity index is 1350. The second-order valence-corrected chi connectivity index (χ2v) is 12.3. The molecular formula is C28H42O29. The monoisotopic (exact) mass is 842 g/mol. The van der Waals surface area contributed by atoms with Gasteiger partial charge in [-0.1, -0.05) is 0 Å². The molecule has 4 fully saturated rings. The zero-order chi connectivity index (χ0) is 42.5. The number of hydrogen-bond donors (Lipinski definition) is 14. The van der Waals surface area contributed by atoms with Crippen LogP contribution in [0.25, 0.3) is 0 Å². The van der Waals surface area contributed by atoms with Crippen molar-refractivity contribution in [2.75, 3.05) is 27.2 Å². The van der Waals surface area contributed by atoms with Gasteiger partial charge in [0.05, 0.1) is 0 Å². The first-order valence-corrected chi connectivity index (χ1v) is 16.4. The zero-order valence-corrected chi connectivity index (χ0v) is 28.8. The van der Waals surface area contributed by atoms with E-state index in [2.05, 4.69) is 18.9 Å². The van der Waals surface area contributed by atoms with Crippen LogP contribution in [0.15, 0.2) is 0 Å². The molecule has 328 valence electrons. The van der Waals surface area contributed by atoms with Gasteiger partial charge in [0.15, 0.2) is 76.7 Å². The summed E-state index contributed by atoms with van der Waals surface area (Å²) in [6.45, 7) is -5.14.